The first kappa shape index (κ1) is 34.4. The molecule has 0 unspecified atom stereocenters. The Morgan fingerprint density at radius 1 is 0.979 bits per heavy atom. The van der Waals surface area contributed by atoms with Crippen molar-refractivity contribution in [3.05, 3.63) is 120 Å². The van der Waals surface area contributed by atoms with Crippen molar-refractivity contribution in [3.63, 3.8) is 0 Å². The molecule has 1 aliphatic rings. The van der Waals surface area contributed by atoms with E-state index < -0.39 is 12.1 Å². The second-order valence-electron chi connectivity index (χ2n) is 12.5. The fraction of sp³-hybridized carbons (Fsp3) is 0.359. The minimum Gasteiger partial charge on any atom is -0.450 e. The smallest absolute Gasteiger partial charge is 0.407 e. The van der Waals surface area contributed by atoms with E-state index in [9.17, 15) is 9.59 Å². The van der Waals surface area contributed by atoms with E-state index in [1.165, 1.54) is 0 Å². The minimum absolute atomic E-state index is 0.00322. The standard InChI is InChI=1S/C39H48N6O3/c1-2-24-48-39(47)44-36(26-28-19-20-29-12-9-10-17-32(29)25-28)34-21-23-45(37(46)35(43-34)18-11-22-42-38(40)41)27-33(30-13-5-3-6-14-30)31-15-7-4-8-16-31/h3-10,12-17,19-20,25,33-36,43H,2,11,18,21-24,26-27H2,1H3,(H,44,47)(H4,40,41,42)/t34-,35-,36-/m0/s1. The van der Waals surface area contributed by atoms with E-state index >= 15 is 0 Å². The van der Waals surface area contributed by atoms with Crippen LogP contribution in [0.2, 0.25) is 0 Å². The molecule has 4 aromatic carbocycles. The van der Waals surface area contributed by atoms with Gasteiger partial charge in [0.05, 0.1) is 18.7 Å². The van der Waals surface area contributed by atoms with Gasteiger partial charge in [-0.1, -0.05) is 110 Å². The van der Waals surface area contributed by atoms with Gasteiger partial charge in [-0.05, 0) is 59.6 Å². The van der Waals surface area contributed by atoms with Crippen LogP contribution in [0.15, 0.2) is 103 Å². The highest BCUT2D eigenvalue weighted by Crippen LogP contribution is 2.28. The molecule has 0 saturated carbocycles. The van der Waals surface area contributed by atoms with Gasteiger partial charge in [-0.15, -0.1) is 0 Å². The summed E-state index contributed by atoms with van der Waals surface area (Å²) in [5.74, 6) is -0.0489. The monoisotopic (exact) mass is 648 g/mol. The van der Waals surface area contributed by atoms with E-state index in [1.807, 2.05) is 60.4 Å². The quantitative estimate of drug-likeness (QED) is 0.0693. The van der Waals surface area contributed by atoms with Crippen LogP contribution in [0, 0.1) is 5.41 Å². The van der Waals surface area contributed by atoms with Crippen LogP contribution in [0.3, 0.4) is 0 Å². The number of carbonyl (C=O) groups excluding carboxylic acids is 2. The number of alkyl carbamates (subject to hydrolysis) is 1. The average Bonchev–Trinajstić information content (AvgIpc) is 3.26. The van der Waals surface area contributed by atoms with Gasteiger partial charge in [0, 0.05) is 31.6 Å². The normalized spacial score (nSPS) is 17.1. The molecule has 3 atom stereocenters. The third kappa shape index (κ3) is 9.58. The second kappa shape index (κ2) is 17.3. The van der Waals surface area contributed by atoms with Crippen molar-refractivity contribution in [2.24, 2.45) is 5.73 Å². The van der Waals surface area contributed by atoms with E-state index in [2.05, 4.69) is 70.5 Å². The van der Waals surface area contributed by atoms with E-state index in [0.29, 0.717) is 51.9 Å². The van der Waals surface area contributed by atoms with Crippen LogP contribution in [-0.2, 0) is 16.0 Å². The Hall–Kier alpha value is -4.89. The van der Waals surface area contributed by atoms with Gasteiger partial charge in [-0.25, -0.2) is 4.79 Å². The predicted molar refractivity (Wildman–Crippen MR) is 192 cm³/mol. The zero-order valence-electron chi connectivity index (χ0n) is 27.7. The molecule has 9 nitrogen and oxygen atoms in total. The Kier molecular flexibility index (Phi) is 12.4. The summed E-state index contributed by atoms with van der Waals surface area (Å²) < 4.78 is 5.48. The molecule has 1 aliphatic heterocycles. The van der Waals surface area contributed by atoms with E-state index in [4.69, 9.17) is 15.9 Å². The van der Waals surface area contributed by atoms with Gasteiger partial charge < -0.3 is 31.3 Å². The lowest BCUT2D eigenvalue weighted by Crippen LogP contribution is -2.55. The first-order valence-electron chi connectivity index (χ1n) is 17.0. The van der Waals surface area contributed by atoms with Gasteiger partial charge in [0.2, 0.25) is 5.91 Å². The Morgan fingerprint density at radius 2 is 1.65 bits per heavy atom. The molecule has 1 saturated heterocycles. The van der Waals surface area contributed by atoms with Gasteiger partial charge in [0.15, 0.2) is 5.96 Å². The average molecular weight is 649 g/mol. The summed E-state index contributed by atoms with van der Waals surface area (Å²) in [5, 5.41) is 19.6. The molecule has 5 rings (SSSR count). The Morgan fingerprint density at radius 3 is 2.31 bits per heavy atom. The molecule has 0 radical (unpaired) electrons. The highest BCUT2D eigenvalue weighted by molar-refractivity contribution is 5.83. The number of benzene rings is 4. The van der Waals surface area contributed by atoms with Gasteiger partial charge in [0.1, 0.15) is 0 Å². The van der Waals surface area contributed by atoms with Gasteiger partial charge >= 0.3 is 6.09 Å². The molecule has 6 N–H and O–H groups in total. The molecule has 1 fully saturated rings. The Balaban J connectivity index is 1.43. The molecule has 4 aromatic rings. The lowest BCUT2D eigenvalue weighted by molar-refractivity contribution is -0.133. The Labute approximate surface area is 283 Å². The summed E-state index contributed by atoms with van der Waals surface area (Å²) in [7, 11) is 0. The van der Waals surface area contributed by atoms with Crippen molar-refractivity contribution < 1.29 is 14.3 Å². The predicted octanol–water partition coefficient (Wildman–Crippen LogP) is 5.54. The lowest BCUT2D eigenvalue weighted by atomic mass is 9.90. The van der Waals surface area contributed by atoms with Crippen molar-refractivity contribution in [1.29, 1.82) is 5.41 Å². The number of amides is 2. The molecule has 0 aliphatic carbocycles. The van der Waals surface area contributed by atoms with Crippen LogP contribution in [0.5, 0.6) is 0 Å². The largest absolute Gasteiger partial charge is 0.450 e. The van der Waals surface area contributed by atoms with Crippen LogP contribution < -0.4 is 21.7 Å². The highest BCUT2D eigenvalue weighted by atomic mass is 16.5. The molecule has 0 bridgehead atoms. The molecular formula is C39H48N6O3. The van der Waals surface area contributed by atoms with Crippen LogP contribution in [0.25, 0.3) is 10.8 Å². The van der Waals surface area contributed by atoms with Crippen molar-refractivity contribution in [1.82, 2.24) is 20.9 Å². The maximum atomic E-state index is 14.4. The first-order chi connectivity index (χ1) is 23.4. The summed E-state index contributed by atoms with van der Waals surface area (Å²) in [6.07, 6.45) is 2.70. The summed E-state index contributed by atoms with van der Waals surface area (Å²) in [6, 6.07) is 34.3. The highest BCUT2D eigenvalue weighted by Gasteiger charge is 2.36. The number of nitrogens with zero attached hydrogens (tertiary/aromatic N) is 1. The van der Waals surface area contributed by atoms with Gasteiger partial charge in [0.25, 0.3) is 0 Å². The van der Waals surface area contributed by atoms with Crippen molar-refractivity contribution in [2.75, 3.05) is 26.2 Å². The third-order valence-electron chi connectivity index (χ3n) is 9.02. The molecule has 9 heteroatoms. The fourth-order valence-electron chi connectivity index (χ4n) is 6.57. The maximum Gasteiger partial charge on any atom is 0.407 e. The molecule has 0 spiro atoms. The zero-order chi connectivity index (χ0) is 33.7. The number of fused-ring (bicyclic) bond motifs is 1. The van der Waals surface area contributed by atoms with Crippen molar-refractivity contribution >= 4 is 28.7 Å². The molecule has 48 heavy (non-hydrogen) atoms. The lowest BCUT2D eigenvalue weighted by Gasteiger charge is -2.30. The number of ether oxygens (including phenoxy) is 1. The maximum absolute atomic E-state index is 14.4. The first-order valence-corrected chi connectivity index (χ1v) is 17.0. The molecule has 1 heterocycles. The van der Waals surface area contributed by atoms with Crippen LogP contribution in [-0.4, -0.2) is 67.2 Å². The topological polar surface area (TPSA) is 133 Å². The third-order valence-corrected chi connectivity index (χ3v) is 9.02. The molecule has 2 amide bonds. The number of rotatable bonds is 14. The van der Waals surface area contributed by atoms with Crippen molar-refractivity contribution in [3.8, 4) is 0 Å². The van der Waals surface area contributed by atoms with Crippen LogP contribution in [0.4, 0.5) is 4.79 Å². The zero-order valence-corrected chi connectivity index (χ0v) is 27.7. The summed E-state index contributed by atoms with van der Waals surface area (Å²) in [5.41, 5.74) is 8.94. The SMILES string of the molecule is CCCOC(=O)N[C@@H](Cc1ccc2ccccc2c1)[C@@H]1CCN(CC(c2ccccc2)c2ccccc2)C(=O)[C@H](CCCNC(=N)N)N1. The number of carbonyl (C=O) groups is 2. The number of hydrogen-bond donors (Lipinski definition) is 5. The number of nitrogens with two attached hydrogens (primary N) is 1. The van der Waals surface area contributed by atoms with E-state index in [-0.39, 0.29) is 29.9 Å². The molecule has 0 aromatic heterocycles. The summed E-state index contributed by atoms with van der Waals surface area (Å²) in [6.45, 7) is 3.87. The number of hydrogen-bond acceptors (Lipinski definition) is 5. The van der Waals surface area contributed by atoms with Crippen molar-refractivity contribution in [2.45, 2.75) is 63.1 Å². The summed E-state index contributed by atoms with van der Waals surface area (Å²) in [4.78, 5) is 29.4. The summed E-state index contributed by atoms with van der Waals surface area (Å²) >= 11 is 0. The van der Waals surface area contributed by atoms with Gasteiger partial charge in [-0.2, -0.15) is 0 Å². The van der Waals surface area contributed by atoms with E-state index in [0.717, 1.165) is 33.9 Å². The van der Waals surface area contributed by atoms with Crippen LogP contribution >= 0.6 is 0 Å². The number of guanidine groups is 1. The minimum atomic E-state index is -0.481. The van der Waals surface area contributed by atoms with E-state index in [1.54, 1.807) is 0 Å². The molecular weight excluding hydrogens is 600 g/mol. The second-order valence-corrected chi connectivity index (χ2v) is 12.5. The molecule has 252 valence electrons. The number of nitrogens with one attached hydrogen (secondary N) is 4. The van der Waals surface area contributed by atoms with Crippen LogP contribution in [0.1, 0.15) is 55.2 Å². The fourth-order valence-corrected chi connectivity index (χ4v) is 6.57. The Bertz CT molecular complexity index is 1590. The van der Waals surface area contributed by atoms with Gasteiger partial charge in [-0.3, -0.25) is 10.2 Å².